The van der Waals surface area contributed by atoms with Crippen molar-refractivity contribution in [1.29, 1.82) is 0 Å². The molecular formula is C9H23NO. The third kappa shape index (κ3) is 12.6. The quantitative estimate of drug-likeness (QED) is 0.674. The molecule has 0 unspecified atom stereocenters. The Kier molecular flexibility index (Phi) is 14.5. The lowest BCUT2D eigenvalue weighted by Crippen LogP contribution is -2.21. The molecule has 0 spiro atoms. The number of hydrogen-bond acceptors (Lipinski definition) is 1. The van der Waals surface area contributed by atoms with E-state index < -0.39 is 0 Å². The third-order valence-corrected chi connectivity index (χ3v) is 1.13. The molecule has 0 saturated carbocycles. The Bertz CT molecular complexity index is 86.6. The van der Waals surface area contributed by atoms with Gasteiger partial charge in [-0.2, -0.15) is 0 Å². The summed E-state index contributed by atoms with van der Waals surface area (Å²) in [5.74, 6) is 0.180. The summed E-state index contributed by atoms with van der Waals surface area (Å²) in [5.41, 5.74) is 0. The van der Waals surface area contributed by atoms with Crippen molar-refractivity contribution >= 4 is 5.91 Å². The van der Waals surface area contributed by atoms with E-state index in [2.05, 4.69) is 12.2 Å². The van der Waals surface area contributed by atoms with Crippen LogP contribution < -0.4 is 5.32 Å². The highest BCUT2D eigenvalue weighted by molar-refractivity contribution is 5.75. The zero-order valence-electron chi connectivity index (χ0n) is 8.24. The standard InChI is InChI=1S/C7H15NO.C2H6.H2/c1-3-5-6-7(9)8-4-2;1-2;/h3-6H2,1-2H3,(H,8,9);1-2H3;1H. The van der Waals surface area contributed by atoms with E-state index in [-0.39, 0.29) is 7.33 Å². The molecule has 0 fully saturated rings. The van der Waals surface area contributed by atoms with Gasteiger partial charge in [-0.05, 0) is 13.3 Å². The molecule has 0 atom stereocenters. The summed E-state index contributed by atoms with van der Waals surface area (Å²) >= 11 is 0. The van der Waals surface area contributed by atoms with Crippen LogP contribution in [0.1, 0.15) is 48.4 Å². The first kappa shape index (κ1) is 13.1. The molecule has 0 heterocycles. The monoisotopic (exact) mass is 161 g/mol. The van der Waals surface area contributed by atoms with Crippen molar-refractivity contribution in [2.75, 3.05) is 6.54 Å². The third-order valence-electron chi connectivity index (χ3n) is 1.13. The molecule has 0 aromatic heterocycles. The molecule has 11 heavy (non-hydrogen) atoms. The number of hydrogen-bond donors (Lipinski definition) is 1. The molecule has 0 saturated heterocycles. The molecule has 0 rings (SSSR count). The summed E-state index contributed by atoms with van der Waals surface area (Å²) in [6.07, 6.45) is 2.79. The van der Waals surface area contributed by atoms with E-state index in [4.69, 9.17) is 0 Å². The van der Waals surface area contributed by atoms with Gasteiger partial charge in [0.15, 0.2) is 0 Å². The number of carbonyl (C=O) groups excluding carboxylic acids is 1. The first-order valence-electron chi connectivity index (χ1n) is 4.58. The van der Waals surface area contributed by atoms with Crippen LogP contribution in [0, 0.1) is 0 Å². The Morgan fingerprint density at radius 1 is 1.36 bits per heavy atom. The largest absolute Gasteiger partial charge is 0.356 e. The van der Waals surface area contributed by atoms with Gasteiger partial charge in [-0.1, -0.05) is 27.2 Å². The normalized spacial score (nSPS) is 8.00. The SMILES string of the molecule is CC.CCCCC(=O)NCC.[HH]. The van der Waals surface area contributed by atoms with Gasteiger partial charge < -0.3 is 5.32 Å². The predicted octanol–water partition coefficient (Wildman–Crippen LogP) is 2.58. The van der Waals surface area contributed by atoms with E-state index in [1.165, 1.54) is 0 Å². The van der Waals surface area contributed by atoms with Crippen LogP contribution >= 0.6 is 0 Å². The van der Waals surface area contributed by atoms with Gasteiger partial charge in [-0.3, -0.25) is 4.79 Å². The Morgan fingerprint density at radius 2 is 1.91 bits per heavy atom. The van der Waals surface area contributed by atoms with Crippen LogP contribution in [-0.2, 0) is 4.79 Å². The number of nitrogens with one attached hydrogen (secondary N) is 1. The van der Waals surface area contributed by atoms with Gasteiger partial charge in [0.2, 0.25) is 5.91 Å². The van der Waals surface area contributed by atoms with Crippen LogP contribution in [0.5, 0.6) is 0 Å². The van der Waals surface area contributed by atoms with Crippen LogP contribution in [0.2, 0.25) is 0 Å². The minimum Gasteiger partial charge on any atom is -0.356 e. The Labute approximate surface area is 71.9 Å². The van der Waals surface area contributed by atoms with Crippen LogP contribution in [-0.4, -0.2) is 12.5 Å². The number of amides is 1. The van der Waals surface area contributed by atoms with Crippen LogP contribution in [0.15, 0.2) is 0 Å². The van der Waals surface area contributed by atoms with E-state index in [1.807, 2.05) is 20.8 Å². The topological polar surface area (TPSA) is 29.1 Å². The zero-order chi connectivity index (χ0) is 9.11. The summed E-state index contributed by atoms with van der Waals surface area (Å²) in [5, 5.41) is 2.74. The molecule has 2 heteroatoms. The number of unbranched alkanes of at least 4 members (excludes halogenated alkanes) is 1. The summed E-state index contributed by atoms with van der Waals surface area (Å²) in [6, 6.07) is 0. The van der Waals surface area contributed by atoms with Gasteiger partial charge in [-0.25, -0.2) is 0 Å². The average molecular weight is 161 g/mol. The Hall–Kier alpha value is -0.530. The molecule has 1 N–H and O–H groups in total. The minimum atomic E-state index is 0. The lowest BCUT2D eigenvalue weighted by Gasteiger charge is -1.98. The van der Waals surface area contributed by atoms with Crippen molar-refractivity contribution in [3.8, 4) is 0 Å². The Morgan fingerprint density at radius 3 is 2.27 bits per heavy atom. The summed E-state index contributed by atoms with van der Waals surface area (Å²) < 4.78 is 0. The van der Waals surface area contributed by atoms with Crippen LogP contribution in [0.4, 0.5) is 0 Å². The van der Waals surface area contributed by atoms with E-state index in [0.717, 1.165) is 19.4 Å². The van der Waals surface area contributed by atoms with Crippen LogP contribution in [0.3, 0.4) is 0 Å². The highest BCUT2D eigenvalue weighted by Gasteiger charge is 1.94. The van der Waals surface area contributed by atoms with Gasteiger partial charge in [0.05, 0.1) is 0 Å². The second-order valence-electron chi connectivity index (χ2n) is 2.06. The number of rotatable bonds is 4. The molecule has 1 amide bonds. The van der Waals surface area contributed by atoms with Crippen molar-refractivity contribution in [3.05, 3.63) is 0 Å². The zero-order valence-corrected chi connectivity index (χ0v) is 8.24. The molecule has 2 nitrogen and oxygen atoms in total. The summed E-state index contributed by atoms with van der Waals surface area (Å²) in [7, 11) is 0. The highest BCUT2D eigenvalue weighted by atomic mass is 16.1. The molecular weight excluding hydrogens is 138 g/mol. The highest BCUT2D eigenvalue weighted by Crippen LogP contribution is 1.91. The first-order valence-corrected chi connectivity index (χ1v) is 4.58. The van der Waals surface area contributed by atoms with E-state index in [0.29, 0.717) is 6.42 Å². The molecule has 0 radical (unpaired) electrons. The maximum Gasteiger partial charge on any atom is 0.219 e. The lowest BCUT2D eigenvalue weighted by atomic mass is 10.2. The second kappa shape index (κ2) is 12.2. The molecule has 70 valence electrons. The lowest BCUT2D eigenvalue weighted by molar-refractivity contribution is -0.121. The molecule has 0 aromatic rings. The van der Waals surface area contributed by atoms with E-state index in [1.54, 1.807) is 0 Å². The van der Waals surface area contributed by atoms with Gasteiger partial charge in [0.25, 0.3) is 0 Å². The van der Waals surface area contributed by atoms with Crippen molar-refractivity contribution in [1.82, 2.24) is 5.32 Å². The van der Waals surface area contributed by atoms with Gasteiger partial charge in [0, 0.05) is 14.4 Å². The molecule has 0 bridgehead atoms. The fraction of sp³-hybridized carbons (Fsp3) is 0.889. The molecule has 0 aliphatic carbocycles. The Balaban J connectivity index is -0.000000249. The molecule has 0 aliphatic heterocycles. The second-order valence-corrected chi connectivity index (χ2v) is 2.06. The van der Waals surface area contributed by atoms with Gasteiger partial charge in [-0.15, -0.1) is 0 Å². The molecule has 0 aliphatic rings. The predicted molar refractivity (Wildman–Crippen MR) is 51.7 cm³/mol. The maximum absolute atomic E-state index is 10.7. The average Bonchev–Trinajstić information content (AvgIpc) is 2.05. The fourth-order valence-corrected chi connectivity index (χ4v) is 0.623. The van der Waals surface area contributed by atoms with E-state index >= 15 is 0 Å². The summed E-state index contributed by atoms with van der Waals surface area (Å²) in [4.78, 5) is 10.7. The van der Waals surface area contributed by atoms with Crippen molar-refractivity contribution in [2.24, 2.45) is 0 Å². The van der Waals surface area contributed by atoms with Crippen molar-refractivity contribution in [2.45, 2.75) is 47.0 Å². The minimum absolute atomic E-state index is 0. The van der Waals surface area contributed by atoms with Gasteiger partial charge >= 0.3 is 0 Å². The maximum atomic E-state index is 10.7. The van der Waals surface area contributed by atoms with Crippen molar-refractivity contribution in [3.63, 3.8) is 0 Å². The van der Waals surface area contributed by atoms with Crippen molar-refractivity contribution < 1.29 is 6.22 Å². The smallest absolute Gasteiger partial charge is 0.219 e. The fourth-order valence-electron chi connectivity index (χ4n) is 0.623. The number of carbonyl (C=O) groups is 1. The van der Waals surface area contributed by atoms with E-state index in [9.17, 15) is 4.79 Å². The molecule has 0 aromatic carbocycles. The van der Waals surface area contributed by atoms with Crippen LogP contribution in [0.25, 0.3) is 0 Å². The first-order chi connectivity index (χ1) is 5.31. The summed E-state index contributed by atoms with van der Waals surface area (Å²) in [6.45, 7) is 8.77. The van der Waals surface area contributed by atoms with Gasteiger partial charge in [0.1, 0.15) is 0 Å².